The monoisotopic (exact) mass is 389 g/mol. The summed E-state index contributed by atoms with van der Waals surface area (Å²) in [5.41, 5.74) is 1.63. The summed E-state index contributed by atoms with van der Waals surface area (Å²) in [6.07, 6.45) is 2.24. The summed E-state index contributed by atoms with van der Waals surface area (Å²) in [5.74, 6) is -1.20. The first kappa shape index (κ1) is 19.3. The molecule has 28 heavy (non-hydrogen) atoms. The number of hydrogen-bond acceptors (Lipinski definition) is 3. The van der Waals surface area contributed by atoms with Crippen LogP contribution in [0.3, 0.4) is 0 Å². The van der Waals surface area contributed by atoms with Crippen molar-refractivity contribution in [1.82, 2.24) is 9.80 Å². The van der Waals surface area contributed by atoms with E-state index in [1.807, 2.05) is 12.1 Å². The number of rotatable bonds is 4. The van der Waals surface area contributed by atoms with E-state index in [0.29, 0.717) is 18.2 Å². The molecule has 2 aromatic carbocycles. The molecule has 2 aliphatic rings. The topological polar surface area (TPSA) is 9.72 Å². The largest absolute Gasteiger partial charge is 0.369 e. The average Bonchev–Trinajstić information content (AvgIpc) is 2.71. The van der Waals surface area contributed by atoms with Crippen molar-refractivity contribution in [3.05, 3.63) is 65.5 Å². The highest BCUT2D eigenvalue weighted by Gasteiger charge is 2.28. The fraction of sp³-hybridized carbons (Fsp3) is 0.455. The highest BCUT2D eigenvalue weighted by atomic mass is 19.1. The zero-order valence-electron chi connectivity index (χ0n) is 16.0. The third kappa shape index (κ3) is 4.50. The van der Waals surface area contributed by atoms with Crippen molar-refractivity contribution in [1.29, 1.82) is 0 Å². The van der Waals surface area contributed by atoms with E-state index in [2.05, 4.69) is 14.7 Å². The van der Waals surface area contributed by atoms with Gasteiger partial charge >= 0.3 is 0 Å². The van der Waals surface area contributed by atoms with Crippen LogP contribution in [-0.2, 0) is 6.54 Å². The van der Waals surface area contributed by atoms with E-state index >= 15 is 0 Å². The lowest BCUT2D eigenvalue weighted by Crippen LogP contribution is -2.55. The van der Waals surface area contributed by atoms with Gasteiger partial charge in [0.05, 0.1) is 0 Å². The summed E-state index contributed by atoms with van der Waals surface area (Å²) in [7, 11) is 0. The Kier molecular flexibility index (Phi) is 5.87. The number of likely N-dealkylation sites (tertiary alicyclic amines) is 1. The van der Waals surface area contributed by atoms with Crippen molar-refractivity contribution >= 4 is 5.69 Å². The van der Waals surface area contributed by atoms with Crippen LogP contribution < -0.4 is 4.90 Å². The van der Waals surface area contributed by atoms with Gasteiger partial charge in [-0.2, -0.15) is 0 Å². The normalized spacial score (nSPS) is 21.8. The molecule has 2 fully saturated rings. The van der Waals surface area contributed by atoms with E-state index in [1.54, 1.807) is 6.07 Å². The Morgan fingerprint density at radius 3 is 2.25 bits per heavy atom. The predicted octanol–water partition coefficient (Wildman–Crippen LogP) is 3.89. The van der Waals surface area contributed by atoms with Crippen LogP contribution in [-0.4, -0.2) is 55.1 Å². The second-order valence-electron chi connectivity index (χ2n) is 7.77. The minimum absolute atomic E-state index is 0.206. The summed E-state index contributed by atoms with van der Waals surface area (Å²) in [5, 5.41) is 0. The van der Waals surface area contributed by atoms with Crippen molar-refractivity contribution < 1.29 is 13.2 Å². The van der Waals surface area contributed by atoms with Crippen LogP contribution in [0.15, 0.2) is 42.5 Å². The molecule has 2 aliphatic heterocycles. The molecule has 150 valence electrons. The highest BCUT2D eigenvalue weighted by molar-refractivity contribution is 5.46. The molecule has 1 atom stereocenters. The maximum Gasteiger partial charge on any atom is 0.130 e. The van der Waals surface area contributed by atoms with Gasteiger partial charge in [-0.15, -0.1) is 0 Å². The summed E-state index contributed by atoms with van der Waals surface area (Å²) in [4.78, 5) is 7.09. The number of benzene rings is 2. The molecule has 0 N–H and O–H groups in total. The molecule has 2 aromatic rings. The third-order valence-corrected chi connectivity index (χ3v) is 5.91. The van der Waals surface area contributed by atoms with Crippen LogP contribution in [0.4, 0.5) is 18.9 Å². The lowest BCUT2D eigenvalue weighted by atomic mass is 10.0. The molecule has 0 aliphatic carbocycles. The summed E-state index contributed by atoms with van der Waals surface area (Å²) >= 11 is 0. The molecule has 6 heteroatoms. The fourth-order valence-electron chi connectivity index (χ4n) is 4.36. The first-order valence-electron chi connectivity index (χ1n) is 9.99. The van der Waals surface area contributed by atoms with Crippen molar-refractivity contribution in [2.75, 3.05) is 44.2 Å². The molecule has 0 saturated carbocycles. The van der Waals surface area contributed by atoms with Crippen molar-refractivity contribution in [3.8, 4) is 0 Å². The second kappa shape index (κ2) is 8.53. The zero-order valence-corrected chi connectivity index (χ0v) is 16.0. The quantitative estimate of drug-likeness (QED) is 0.786. The molecule has 2 saturated heterocycles. The van der Waals surface area contributed by atoms with Crippen molar-refractivity contribution in [2.45, 2.75) is 25.4 Å². The molecule has 0 amide bonds. The van der Waals surface area contributed by atoms with Crippen LogP contribution in [0, 0.1) is 17.5 Å². The minimum Gasteiger partial charge on any atom is -0.369 e. The van der Waals surface area contributed by atoms with E-state index in [1.165, 1.54) is 18.2 Å². The van der Waals surface area contributed by atoms with Crippen LogP contribution in [0.5, 0.6) is 0 Å². The van der Waals surface area contributed by atoms with Gasteiger partial charge in [0.15, 0.2) is 0 Å². The maximum atomic E-state index is 14.0. The van der Waals surface area contributed by atoms with Crippen LogP contribution in [0.25, 0.3) is 0 Å². The molecule has 0 spiro atoms. The summed E-state index contributed by atoms with van der Waals surface area (Å²) < 4.78 is 40.2. The third-order valence-electron chi connectivity index (χ3n) is 5.91. The average molecular weight is 389 g/mol. The lowest BCUT2D eigenvalue weighted by molar-refractivity contribution is 0.0881. The first-order valence-corrected chi connectivity index (χ1v) is 9.99. The van der Waals surface area contributed by atoms with Gasteiger partial charge in [-0.25, -0.2) is 13.2 Å². The van der Waals surface area contributed by atoms with Crippen LogP contribution >= 0.6 is 0 Å². The molecular formula is C22H26F3N3. The SMILES string of the molecule is Fc1ccc(N2CCN([C@@H]3CCCN(Cc4ccc(F)cc4F)C3)CC2)cc1. The van der Waals surface area contributed by atoms with Crippen molar-refractivity contribution in [3.63, 3.8) is 0 Å². The van der Waals surface area contributed by atoms with E-state index in [0.717, 1.165) is 63.9 Å². The van der Waals surface area contributed by atoms with Gasteiger partial charge in [-0.1, -0.05) is 6.07 Å². The van der Waals surface area contributed by atoms with E-state index in [4.69, 9.17) is 0 Å². The van der Waals surface area contributed by atoms with Gasteiger partial charge in [0, 0.05) is 62.6 Å². The molecule has 0 aromatic heterocycles. The van der Waals surface area contributed by atoms with E-state index in [-0.39, 0.29) is 5.82 Å². The van der Waals surface area contributed by atoms with Crippen molar-refractivity contribution in [2.24, 2.45) is 0 Å². The van der Waals surface area contributed by atoms with Gasteiger partial charge in [-0.05, 0) is 49.7 Å². The van der Waals surface area contributed by atoms with Gasteiger partial charge < -0.3 is 4.90 Å². The fourth-order valence-corrected chi connectivity index (χ4v) is 4.36. The first-order chi connectivity index (χ1) is 13.6. The molecular weight excluding hydrogens is 363 g/mol. The molecule has 4 rings (SSSR count). The second-order valence-corrected chi connectivity index (χ2v) is 7.77. The van der Waals surface area contributed by atoms with Gasteiger partial charge in [0.2, 0.25) is 0 Å². The lowest BCUT2D eigenvalue weighted by Gasteiger charge is -2.44. The smallest absolute Gasteiger partial charge is 0.130 e. The maximum absolute atomic E-state index is 14.0. The number of halogens is 3. The van der Waals surface area contributed by atoms with Crippen LogP contribution in [0.2, 0.25) is 0 Å². The Morgan fingerprint density at radius 2 is 1.54 bits per heavy atom. The number of nitrogens with zero attached hydrogens (tertiary/aromatic N) is 3. The number of hydrogen-bond donors (Lipinski definition) is 0. The number of anilines is 1. The van der Waals surface area contributed by atoms with Gasteiger partial charge in [0.25, 0.3) is 0 Å². The standard InChI is InChI=1S/C22H26F3N3/c23-18-5-7-20(8-6-18)27-10-12-28(13-11-27)21-2-1-9-26(16-21)15-17-3-4-19(24)14-22(17)25/h3-8,14,21H,1-2,9-13,15-16H2/t21-/m1/s1. The minimum atomic E-state index is -0.531. The molecule has 0 radical (unpaired) electrons. The molecule has 0 unspecified atom stereocenters. The molecule has 0 bridgehead atoms. The highest BCUT2D eigenvalue weighted by Crippen LogP contribution is 2.23. The number of piperidine rings is 1. The summed E-state index contributed by atoms with van der Waals surface area (Å²) in [6.45, 7) is 6.18. The summed E-state index contributed by atoms with van der Waals surface area (Å²) in [6, 6.07) is 11.0. The van der Waals surface area contributed by atoms with E-state index in [9.17, 15) is 13.2 Å². The molecule has 3 nitrogen and oxygen atoms in total. The van der Waals surface area contributed by atoms with E-state index < -0.39 is 11.6 Å². The number of piperazine rings is 1. The molecule has 2 heterocycles. The Hall–Kier alpha value is -2.05. The predicted molar refractivity (Wildman–Crippen MR) is 105 cm³/mol. The zero-order chi connectivity index (χ0) is 19.5. The Labute approximate surface area is 164 Å². The van der Waals surface area contributed by atoms with Gasteiger partial charge in [-0.3, -0.25) is 9.80 Å². The Balaban J connectivity index is 1.32. The Morgan fingerprint density at radius 1 is 0.821 bits per heavy atom. The van der Waals surface area contributed by atoms with Crippen LogP contribution in [0.1, 0.15) is 18.4 Å². The van der Waals surface area contributed by atoms with Gasteiger partial charge in [0.1, 0.15) is 17.5 Å². The Bertz CT molecular complexity index is 788.